The molecule has 4 aromatic carbocycles. The first-order chi connectivity index (χ1) is 24.6. The minimum absolute atomic E-state index is 0.00433. The van der Waals surface area contributed by atoms with Crippen molar-refractivity contribution in [2.75, 3.05) is 31.7 Å². The number of carbonyl (C=O) groups excluding carboxylic acids is 2. The molecule has 0 unspecified atom stereocenters. The number of amides is 2. The van der Waals surface area contributed by atoms with E-state index >= 15 is 0 Å². The van der Waals surface area contributed by atoms with E-state index in [2.05, 4.69) is 5.32 Å². The van der Waals surface area contributed by atoms with Crippen molar-refractivity contribution < 1.29 is 32.2 Å². The normalized spacial score (nSPS) is 13.6. The molecule has 1 atom stereocenters. The van der Waals surface area contributed by atoms with Gasteiger partial charge in [-0.05, 0) is 79.4 Å². The first-order valence-electron chi connectivity index (χ1n) is 17.0. The average Bonchev–Trinajstić information content (AvgIpc) is 3.65. The van der Waals surface area contributed by atoms with Gasteiger partial charge in [-0.3, -0.25) is 13.9 Å². The standard InChI is InChI=1S/C39H44ClN3O7S/c1-4-50-33-19-17-32(18-20-33)43(51(46,47)34-21-22-36(48-2)37(25-34)49-3)27-38(44)42(26-29-13-10-14-30(40)23-29)35(24-28-11-6-5-7-12-28)39(45)41-31-15-8-9-16-31/h5-7,10-14,17-23,25,31,35H,4,8-9,15-16,24,26-27H2,1-3H3,(H,41,45)/t35-/m1/s1. The number of nitrogens with one attached hydrogen (secondary N) is 1. The van der Waals surface area contributed by atoms with E-state index < -0.39 is 28.5 Å². The van der Waals surface area contributed by atoms with Gasteiger partial charge in [0.15, 0.2) is 11.5 Å². The maximum atomic E-state index is 14.8. The molecule has 10 nitrogen and oxygen atoms in total. The van der Waals surface area contributed by atoms with Crippen molar-refractivity contribution in [3.8, 4) is 17.2 Å². The molecular formula is C39H44ClN3O7S. The Morgan fingerprint density at radius 1 is 0.863 bits per heavy atom. The molecule has 0 aliphatic heterocycles. The summed E-state index contributed by atoms with van der Waals surface area (Å²) < 4.78 is 46.5. The van der Waals surface area contributed by atoms with Crippen LogP contribution >= 0.6 is 11.6 Å². The highest BCUT2D eigenvalue weighted by Crippen LogP contribution is 2.33. The number of nitrogens with zero attached hydrogens (tertiary/aromatic N) is 2. The van der Waals surface area contributed by atoms with E-state index in [0.29, 0.717) is 28.7 Å². The Morgan fingerprint density at radius 2 is 1.55 bits per heavy atom. The van der Waals surface area contributed by atoms with Crippen molar-refractivity contribution in [1.82, 2.24) is 10.2 Å². The molecule has 51 heavy (non-hydrogen) atoms. The van der Waals surface area contributed by atoms with E-state index in [4.69, 9.17) is 25.8 Å². The van der Waals surface area contributed by atoms with Gasteiger partial charge in [0.2, 0.25) is 11.8 Å². The lowest BCUT2D eigenvalue weighted by molar-refractivity contribution is -0.140. The highest BCUT2D eigenvalue weighted by atomic mass is 35.5. The molecule has 1 fully saturated rings. The van der Waals surface area contributed by atoms with Crippen molar-refractivity contribution in [2.24, 2.45) is 0 Å². The van der Waals surface area contributed by atoms with Crippen LogP contribution in [0.3, 0.4) is 0 Å². The van der Waals surface area contributed by atoms with E-state index in [-0.39, 0.29) is 41.2 Å². The Bertz CT molecular complexity index is 1880. The molecule has 0 spiro atoms. The monoisotopic (exact) mass is 733 g/mol. The fraction of sp³-hybridized carbons (Fsp3) is 0.333. The predicted molar refractivity (Wildman–Crippen MR) is 198 cm³/mol. The summed E-state index contributed by atoms with van der Waals surface area (Å²) in [6.45, 7) is 1.69. The largest absolute Gasteiger partial charge is 0.494 e. The smallest absolute Gasteiger partial charge is 0.264 e. The molecule has 1 saturated carbocycles. The number of anilines is 1. The van der Waals surface area contributed by atoms with E-state index in [0.717, 1.165) is 35.6 Å². The lowest BCUT2D eigenvalue weighted by Gasteiger charge is -2.34. The van der Waals surface area contributed by atoms with Crippen molar-refractivity contribution in [1.29, 1.82) is 0 Å². The molecule has 0 bridgehead atoms. The molecule has 1 N–H and O–H groups in total. The number of hydrogen-bond acceptors (Lipinski definition) is 7. The number of halogens is 1. The van der Waals surface area contributed by atoms with Gasteiger partial charge in [-0.25, -0.2) is 8.42 Å². The van der Waals surface area contributed by atoms with Gasteiger partial charge in [-0.2, -0.15) is 0 Å². The van der Waals surface area contributed by atoms with Gasteiger partial charge in [0.1, 0.15) is 18.3 Å². The first kappa shape index (κ1) is 37.5. The lowest BCUT2D eigenvalue weighted by atomic mass is 10.0. The summed E-state index contributed by atoms with van der Waals surface area (Å²) in [6, 6.07) is 26.3. The Morgan fingerprint density at radius 3 is 2.20 bits per heavy atom. The van der Waals surface area contributed by atoms with E-state index in [1.165, 1.54) is 37.3 Å². The summed E-state index contributed by atoms with van der Waals surface area (Å²) in [5, 5.41) is 3.66. The molecule has 0 saturated heterocycles. The summed E-state index contributed by atoms with van der Waals surface area (Å²) in [5.41, 5.74) is 1.78. The predicted octanol–water partition coefficient (Wildman–Crippen LogP) is 6.65. The van der Waals surface area contributed by atoms with Crippen LogP contribution < -0.4 is 23.8 Å². The molecule has 270 valence electrons. The summed E-state index contributed by atoms with van der Waals surface area (Å²) in [4.78, 5) is 30.4. The Kier molecular flexibility index (Phi) is 12.8. The van der Waals surface area contributed by atoms with E-state index in [9.17, 15) is 18.0 Å². The van der Waals surface area contributed by atoms with Gasteiger partial charge >= 0.3 is 0 Å². The molecule has 12 heteroatoms. The molecule has 4 aromatic rings. The molecule has 2 amide bonds. The first-order valence-corrected chi connectivity index (χ1v) is 18.8. The van der Waals surface area contributed by atoms with Crippen LogP contribution in [0.5, 0.6) is 17.2 Å². The summed E-state index contributed by atoms with van der Waals surface area (Å²) in [5.74, 6) is 0.243. The molecule has 0 radical (unpaired) electrons. The maximum Gasteiger partial charge on any atom is 0.264 e. The highest BCUT2D eigenvalue weighted by molar-refractivity contribution is 7.92. The third kappa shape index (κ3) is 9.53. The molecule has 0 aromatic heterocycles. The van der Waals surface area contributed by atoms with Crippen molar-refractivity contribution in [2.45, 2.75) is 62.6 Å². The average molecular weight is 734 g/mol. The van der Waals surface area contributed by atoms with Gasteiger partial charge in [-0.15, -0.1) is 0 Å². The Hall–Kier alpha value is -4.74. The zero-order valence-corrected chi connectivity index (χ0v) is 30.7. The van der Waals surface area contributed by atoms with Crippen LogP contribution in [0.25, 0.3) is 0 Å². The number of rotatable bonds is 16. The fourth-order valence-electron chi connectivity index (χ4n) is 6.26. The number of methoxy groups -OCH3 is 2. The number of carbonyl (C=O) groups is 2. The summed E-state index contributed by atoms with van der Waals surface area (Å²) >= 11 is 6.37. The van der Waals surface area contributed by atoms with E-state index in [1.807, 2.05) is 43.3 Å². The van der Waals surface area contributed by atoms with E-state index in [1.54, 1.807) is 42.5 Å². The topological polar surface area (TPSA) is 114 Å². The number of ether oxygens (including phenoxy) is 3. The second kappa shape index (κ2) is 17.5. The minimum Gasteiger partial charge on any atom is -0.494 e. The van der Waals surface area contributed by atoms with Crippen molar-refractivity contribution in [3.05, 3.63) is 113 Å². The Labute approximate surface area is 305 Å². The fourth-order valence-corrected chi connectivity index (χ4v) is 7.90. The van der Waals surface area contributed by atoms with Crippen LogP contribution in [0.15, 0.2) is 102 Å². The zero-order valence-electron chi connectivity index (χ0n) is 29.1. The van der Waals surface area contributed by atoms with Crippen molar-refractivity contribution in [3.63, 3.8) is 0 Å². The molecule has 5 rings (SSSR count). The second-order valence-electron chi connectivity index (χ2n) is 12.3. The van der Waals surface area contributed by atoms with Gasteiger partial charge in [-0.1, -0.05) is 66.9 Å². The van der Waals surface area contributed by atoms with Crippen LogP contribution in [-0.2, 0) is 32.6 Å². The third-order valence-corrected chi connectivity index (χ3v) is 10.9. The van der Waals surface area contributed by atoms with Crippen LogP contribution in [0, 0.1) is 0 Å². The highest BCUT2D eigenvalue weighted by Gasteiger charge is 2.36. The SMILES string of the molecule is CCOc1ccc(N(CC(=O)N(Cc2cccc(Cl)c2)[C@H](Cc2ccccc2)C(=O)NC2CCCC2)S(=O)(=O)c2ccc(OC)c(OC)c2)cc1. The molecule has 1 aliphatic carbocycles. The maximum absolute atomic E-state index is 14.8. The lowest BCUT2D eigenvalue weighted by Crippen LogP contribution is -2.54. The number of sulfonamides is 1. The Balaban J connectivity index is 1.59. The van der Waals surface area contributed by atoms with Gasteiger partial charge in [0, 0.05) is 30.1 Å². The molecule has 0 heterocycles. The third-order valence-electron chi connectivity index (χ3n) is 8.87. The minimum atomic E-state index is -4.38. The van der Waals surface area contributed by atoms with Crippen molar-refractivity contribution >= 4 is 39.1 Å². The number of benzene rings is 4. The van der Waals surface area contributed by atoms with Gasteiger partial charge < -0.3 is 24.4 Å². The zero-order chi connectivity index (χ0) is 36.4. The number of hydrogen-bond donors (Lipinski definition) is 1. The van der Waals surface area contributed by atoms with Gasteiger partial charge in [0.05, 0.1) is 31.4 Å². The molecule has 1 aliphatic rings. The van der Waals surface area contributed by atoms with Crippen LogP contribution in [0.2, 0.25) is 5.02 Å². The van der Waals surface area contributed by atoms with Gasteiger partial charge in [0.25, 0.3) is 10.0 Å². The van der Waals surface area contributed by atoms with Crippen LogP contribution in [-0.4, -0.2) is 64.6 Å². The summed E-state index contributed by atoms with van der Waals surface area (Å²) in [7, 11) is -1.51. The van der Waals surface area contributed by atoms with Crippen LogP contribution in [0.4, 0.5) is 5.69 Å². The second-order valence-corrected chi connectivity index (χ2v) is 14.6. The molecular weight excluding hydrogens is 690 g/mol. The quantitative estimate of drug-likeness (QED) is 0.137. The van der Waals surface area contributed by atoms with Crippen LogP contribution in [0.1, 0.15) is 43.7 Å². The summed E-state index contributed by atoms with van der Waals surface area (Å²) in [6.07, 6.45) is 3.98.